The monoisotopic (exact) mass is 336 g/mol. The van der Waals surface area contributed by atoms with Crippen LogP contribution in [-0.2, 0) is 16.1 Å². The predicted octanol–water partition coefficient (Wildman–Crippen LogP) is 1.75. The van der Waals surface area contributed by atoms with Crippen molar-refractivity contribution < 1.29 is 23.6 Å². The Labute approximate surface area is 135 Å². The fourth-order valence-electron chi connectivity index (χ4n) is 1.88. The Morgan fingerprint density at radius 1 is 1.46 bits per heavy atom. The number of amides is 1. The Morgan fingerprint density at radius 3 is 2.83 bits per heavy atom. The largest absolute Gasteiger partial charge is 0.461 e. The summed E-state index contributed by atoms with van der Waals surface area (Å²) >= 11 is 0. The molecule has 24 heavy (non-hydrogen) atoms. The van der Waals surface area contributed by atoms with Crippen LogP contribution in [0.5, 0.6) is 0 Å². The summed E-state index contributed by atoms with van der Waals surface area (Å²) in [6, 6.07) is 5.24. The molecule has 0 fully saturated rings. The molecule has 126 valence electrons. The van der Waals surface area contributed by atoms with Crippen molar-refractivity contribution in [3.8, 4) is 0 Å². The Bertz CT molecular complexity index is 789. The molecule has 0 aliphatic rings. The number of aromatic nitrogens is 2. The lowest BCUT2D eigenvalue weighted by Crippen LogP contribution is -2.19. The summed E-state index contributed by atoms with van der Waals surface area (Å²) in [5, 5.41) is 17.1. The fourth-order valence-corrected chi connectivity index (χ4v) is 1.88. The number of hydrogen-bond acceptors (Lipinski definition) is 6. The van der Waals surface area contributed by atoms with Gasteiger partial charge in [0.2, 0.25) is 11.6 Å². The van der Waals surface area contributed by atoms with Gasteiger partial charge in [-0.3, -0.25) is 19.6 Å². The van der Waals surface area contributed by atoms with Gasteiger partial charge < -0.3 is 10.1 Å². The minimum absolute atomic E-state index is 0.0307. The Kier molecular flexibility index (Phi) is 5.20. The van der Waals surface area contributed by atoms with E-state index in [1.165, 1.54) is 18.2 Å². The number of esters is 1. The molecule has 0 radical (unpaired) electrons. The number of hydrogen-bond donors (Lipinski definition) is 1. The number of nitrogens with one attached hydrogen (secondary N) is 1. The Morgan fingerprint density at radius 2 is 2.21 bits per heavy atom. The molecule has 1 N–H and O–H groups in total. The van der Waals surface area contributed by atoms with Crippen LogP contribution in [0.2, 0.25) is 0 Å². The van der Waals surface area contributed by atoms with E-state index < -0.39 is 40.5 Å². The molecule has 1 amide bonds. The van der Waals surface area contributed by atoms with Crippen molar-refractivity contribution in [2.75, 3.05) is 11.9 Å². The molecule has 2 rings (SSSR count). The summed E-state index contributed by atoms with van der Waals surface area (Å²) < 4.78 is 18.7. The van der Waals surface area contributed by atoms with Crippen LogP contribution in [0.1, 0.15) is 17.4 Å². The van der Waals surface area contributed by atoms with Gasteiger partial charge in [-0.1, -0.05) is 6.07 Å². The standard InChI is InChI=1S/C14H13FN4O5/c1-2-24-14(21)13-11(19(22)23)7-18(17-13)8-12(20)16-10-5-3-4-9(15)6-10/h3-7H,2,8H2,1H3,(H,16,20). The van der Waals surface area contributed by atoms with Crippen LogP contribution in [0.3, 0.4) is 0 Å². The molecule has 0 aliphatic carbocycles. The minimum atomic E-state index is -0.950. The summed E-state index contributed by atoms with van der Waals surface area (Å²) in [5.41, 5.74) is -0.820. The van der Waals surface area contributed by atoms with Crippen LogP contribution in [-0.4, -0.2) is 33.2 Å². The highest BCUT2D eigenvalue weighted by Crippen LogP contribution is 2.18. The predicted molar refractivity (Wildman–Crippen MR) is 79.9 cm³/mol. The summed E-state index contributed by atoms with van der Waals surface area (Å²) in [7, 11) is 0. The van der Waals surface area contributed by atoms with Gasteiger partial charge in [0.1, 0.15) is 18.6 Å². The van der Waals surface area contributed by atoms with Crippen molar-refractivity contribution in [2.45, 2.75) is 13.5 Å². The van der Waals surface area contributed by atoms with Crippen LogP contribution in [0, 0.1) is 15.9 Å². The number of halogens is 1. The van der Waals surface area contributed by atoms with E-state index in [4.69, 9.17) is 0 Å². The summed E-state index contributed by atoms with van der Waals surface area (Å²) in [4.78, 5) is 33.7. The van der Waals surface area contributed by atoms with E-state index in [2.05, 4.69) is 15.2 Å². The molecule has 0 saturated carbocycles. The second kappa shape index (κ2) is 7.31. The Hall–Kier alpha value is -3.30. The van der Waals surface area contributed by atoms with Gasteiger partial charge in [-0.2, -0.15) is 5.10 Å². The van der Waals surface area contributed by atoms with Gasteiger partial charge in [0, 0.05) is 5.69 Å². The van der Waals surface area contributed by atoms with E-state index in [1.54, 1.807) is 6.92 Å². The molecule has 0 aliphatic heterocycles. The second-order valence-electron chi connectivity index (χ2n) is 4.60. The molecular formula is C14H13FN4O5. The lowest BCUT2D eigenvalue weighted by Gasteiger charge is -2.05. The lowest BCUT2D eigenvalue weighted by molar-refractivity contribution is -0.385. The first-order chi connectivity index (χ1) is 11.4. The van der Waals surface area contributed by atoms with Crippen molar-refractivity contribution >= 4 is 23.3 Å². The maximum absolute atomic E-state index is 13.1. The normalized spacial score (nSPS) is 10.2. The number of carbonyl (C=O) groups is 2. The number of benzene rings is 1. The summed E-state index contributed by atoms with van der Waals surface area (Å²) in [6.07, 6.45) is 0.956. The molecule has 2 aromatic rings. The van der Waals surface area contributed by atoms with Gasteiger partial charge in [-0.25, -0.2) is 9.18 Å². The molecule has 0 spiro atoms. The van der Waals surface area contributed by atoms with Crippen LogP contribution in [0.4, 0.5) is 15.8 Å². The third-order valence-corrected chi connectivity index (χ3v) is 2.82. The second-order valence-corrected chi connectivity index (χ2v) is 4.60. The van der Waals surface area contributed by atoms with E-state index in [0.717, 1.165) is 16.9 Å². The van der Waals surface area contributed by atoms with Gasteiger partial charge in [0.05, 0.1) is 11.5 Å². The minimum Gasteiger partial charge on any atom is -0.461 e. The van der Waals surface area contributed by atoms with Gasteiger partial charge in [-0.05, 0) is 25.1 Å². The first-order valence-electron chi connectivity index (χ1n) is 6.85. The van der Waals surface area contributed by atoms with Crippen molar-refractivity contribution in [2.24, 2.45) is 0 Å². The Balaban J connectivity index is 2.14. The van der Waals surface area contributed by atoms with Gasteiger partial charge >= 0.3 is 11.7 Å². The number of carbonyl (C=O) groups excluding carboxylic acids is 2. The number of anilines is 1. The zero-order valence-corrected chi connectivity index (χ0v) is 12.6. The van der Waals surface area contributed by atoms with Crippen LogP contribution < -0.4 is 5.32 Å². The first-order valence-corrected chi connectivity index (χ1v) is 6.85. The first kappa shape index (κ1) is 17.1. The van der Waals surface area contributed by atoms with E-state index in [9.17, 15) is 24.1 Å². The van der Waals surface area contributed by atoms with Gasteiger partial charge in [0.25, 0.3) is 0 Å². The average Bonchev–Trinajstić information content (AvgIpc) is 2.91. The highest BCUT2D eigenvalue weighted by Gasteiger charge is 2.27. The zero-order valence-electron chi connectivity index (χ0n) is 12.6. The summed E-state index contributed by atoms with van der Waals surface area (Å²) in [5.74, 6) is -2.06. The number of nitro groups is 1. The van der Waals surface area contributed by atoms with Crippen molar-refractivity contribution in [3.63, 3.8) is 0 Å². The lowest BCUT2D eigenvalue weighted by atomic mass is 10.3. The molecule has 9 nitrogen and oxygen atoms in total. The topological polar surface area (TPSA) is 116 Å². The molecule has 10 heteroatoms. The molecule has 1 heterocycles. The molecular weight excluding hydrogens is 323 g/mol. The smallest absolute Gasteiger partial charge is 0.366 e. The maximum Gasteiger partial charge on any atom is 0.366 e. The van der Waals surface area contributed by atoms with E-state index in [-0.39, 0.29) is 12.3 Å². The maximum atomic E-state index is 13.1. The number of nitrogens with zero attached hydrogens (tertiary/aromatic N) is 3. The highest BCUT2D eigenvalue weighted by atomic mass is 19.1. The van der Waals surface area contributed by atoms with E-state index >= 15 is 0 Å². The number of rotatable bonds is 6. The third-order valence-electron chi connectivity index (χ3n) is 2.82. The van der Waals surface area contributed by atoms with Crippen molar-refractivity contribution in [1.82, 2.24) is 9.78 Å². The van der Waals surface area contributed by atoms with Gasteiger partial charge in [0.15, 0.2) is 0 Å². The van der Waals surface area contributed by atoms with Crippen LogP contribution >= 0.6 is 0 Å². The summed E-state index contributed by atoms with van der Waals surface area (Å²) in [6.45, 7) is 1.19. The number of ether oxygens (including phenoxy) is 1. The fraction of sp³-hybridized carbons (Fsp3) is 0.214. The molecule has 1 aromatic heterocycles. The quantitative estimate of drug-likeness (QED) is 0.488. The van der Waals surface area contributed by atoms with Crippen LogP contribution in [0.25, 0.3) is 0 Å². The highest BCUT2D eigenvalue weighted by molar-refractivity contribution is 5.92. The molecule has 0 saturated heterocycles. The molecule has 1 aromatic carbocycles. The average molecular weight is 336 g/mol. The molecule has 0 unspecified atom stereocenters. The third kappa shape index (κ3) is 4.12. The molecule has 0 atom stereocenters. The van der Waals surface area contributed by atoms with Crippen LogP contribution in [0.15, 0.2) is 30.5 Å². The van der Waals surface area contributed by atoms with Gasteiger partial charge in [-0.15, -0.1) is 0 Å². The zero-order chi connectivity index (χ0) is 17.7. The van der Waals surface area contributed by atoms with Crippen molar-refractivity contribution in [3.05, 3.63) is 52.1 Å². The SMILES string of the molecule is CCOC(=O)c1nn(CC(=O)Nc2cccc(F)c2)cc1[N+](=O)[O-]. The van der Waals surface area contributed by atoms with E-state index in [1.807, 2.05) is 0 Å². The van der Waals surface area contributed by atoms with Crippen molar-refractivity contribution in [1.29, 1.82) is 0 Å². The van der Waals surface area contributed by atoms with E-state index in [0.29, 0.717) is 0 Å². The molecule has 0 bridgehead atoms.